The van der Waals surface area contributed by atoms with E-state index in [1.54, 1.807) is 0 Å². The largest absolute Gasteiger partial charge is 0.202 e. The minimum absolute atomic E-state index is 0.0376. The molecule has 0 unspecified atom stereocenters. The van der Waals surface area contributed by atoms with Gasteiger partial charge in [-0.05, 0) is 0 Å². The molecular formula is C6BF5S. The van der Waals surface area contributed by atoms with Crippen LogP contribution in [0.25, 0.3) is 0 Å². The molecule has 0 saturated carbocycles. The van der Waals surface area contributed by atoms with Gasteiger partial charge in [-0.25, -0.2) is 22.0 Å². The van der Waals surface area contributed by atoms with E-state index in [0.717, 1.165) is 0 Å². The molecule has 0 aromatic heterocycles. The molecule has 0 fully saturated rings. The van der Waals surface area contributed by atoms with E-state index < -0.39 is 34.0 Å². The maximum absolute atomic E-state index is 12.6. The zero-order valence-corrected chi connectivity index (χ0v) is 6.69. The van der Waals surface area contributed by atoms with Crippen LogP contribution in [0.1, 0.15) is 0 Å². The number of hydrogen-bond donors (Lipinski definition) is 0. The van der Waals surface area contributed by atoms with Crippen molar-refractivity contribution in [1.29, 1.82) is 0 Å². The highest BCUT2D eigenvalue weighted by molar-refractivity contribution is 8.19. The highest BCUT2D eigenvalue weighted by atomic mass is 32.2. The first-order valence-corrected chi connectivity index (χ1v) is 3.76. The normalized spacial score (nSPS) is 10.5. The predicted molar refractivity (Wildman–Crippen MR) is 37.8 cm³/mol. The Labute approximate surface area is 75.4 Å². The van der Waals surface area contributed by atoms with Crippen molar-refractivity contribution in [3.8, 4) is 0 Å². The molecule has 7 heteroatoms. The Morgan fingerprint density at radius 3 is 1.31 bits per heavy atom. The van der Waals surface area contributed by atoms with Gasteiger partial charge in [0, 0.05) is 0 Å². The van der Waals surface area contributed by atoms with Crippen molar-refractivity contribution in [3.05, 3.63) is 29.1 Å². The molecule has 0 atom stereocenters. The van der Waals surface area contributed by atoms with Gasteiger partial charge in [-0.3, -0.25) is 0 Å². The zero-order chi connectivity index (χ0) is 10.2. The molecule has 1 aromatic carbocycles. The third kappa shape index (κ3) is 1.52. The van der Waals surface area contributed by atoms with Crippen molar-refractivity contribution in [3.63, 3.8) is 0 Å². The average Bonchev–Trinajstić information content (AvgIpc) is 2.13. The van der Waals surface area contributed by atoms with Crippen molar-refractivity contribution in [2.75, 3.05) is 0 Å². The van der Waals surface area contributed by atoms with Gasteiger partial charge in [0.15, 0.2) is 30.4 Å². The standard InChI is InChI=1S/C6BF5S/c7-13-6-4(11)2(9)1(8)3(10)5(6)12. The summed E-state index contributed by atoms with van der Waals surface area (Å²) in [6, 6.07) is 0. The van der Waals surface area contributed by atoms with E-state index in [1.165, 1.54) is 0 Å². The van der Waals surface area contributed by atoms with Gasteiger partial charge in [0.05, 0.1) is 4.90 Å². The minimum Gasteiger partial charge on any atom is -0.202 e. The predicted octanol–water partition coefficient (Wildman–Crippen LogP) is 2.56. The SMILES string of the molecule is [B]Sc1c(F)c(F)c(F)c(F)c1F. The van der Waals surface area contributed by atoms with Crippen LogP contribution in [-0.2, 0) is 0 Å². The fourth-order valence-electron chi connectivity index (χ4n) is 0.688. The molecule has 68 valence electrons. The molecule has 0 bridgehead atoms. The summed E-state index contributed by atoms with van der Waals surface area (Å²) in [5.41, 5.74) is 0. The van der Waals surface area contributed by atoms with Gasteiger partial charge in [0.2, 0.25) is 5.82 Å². The summed E-state index contributed by atoms with van der Waals surface area (Å²) in [6.07, 6.45) is 0. The van der Waals surface area contributed by atoms with Crippen LogP contribution in [0.15, 0.2) is 4.90 Å². The lowest BCUT2D eigenvalue weighted by Crippen LogP contribution is -2.02. The van der Waals surface area contributed by atoms with Crippen LogP contribution >= 0.6 is 11.6 Å². The summed E-state index contributed by atoms with van der Waals surface area (Å²) in [7, 11) is 4.72. The Morgan fingerprint density at radius 2 is 1.00 bits per heavy atom. The first-order valence-electron chi connectivity index (χ1n) is 2.88. The van der Waals surface area contributed by atoms with Crippen molar-refractivity contribution in [2.24, 2.45) is 0 Å². The Bertz CT molecular complexity index is 324. The number of hydrogen-bond acceptors (Lipinski definition) is 1. The zero-order valence-electron chi connectivity index (χ0n) is 5.88. The van der Waals surface area contributed by atoms with Crippen molar-refractivity contribution in [1.82, 2.24) is 0 Å². The van der Waals surface area contributed by atoms with Crippen LogP contribution < -0.4 is 0 Å². The quantitative estimate of drug-likeness (QED) is 0.297. The van der Waals surface area contributed by atoms with Gasteiger partial charge in [-0.2, -0.15) is 11.6 Å². The molecule has 0 saturated heterocycles. The average molecular weight is 210 g/mol. The minimum atomic E-state index is -2.19. The van der Waals surface area contributed by atoms with E-state index in [2.05, 4.69) is 0 Å². The smallest absolute Gasteiger partial charge is 0.200 e. The Morgan fingerprint density at radius 1 is 0.692 bits per heavy atom. The first kappa shape index (κ1) is 10.4. The highest BCUT2D eigenvalue weighted by Crippen LogP contribution is 2.28. The molecule has 2 radical (unpaired) electrons. The molecule has 13 heavy (non-hydrogen) atoms. The van der Waals surface area contributed by atoms with Crippen LogP contribution in [0.4, 0.5) is 22.0 Å². The van der Waals surface area contributed by atoms with E-state index in [4.69, 9.17) is 7.12 Å². The molecule has 1 rings (SSSR count). The molecule has 0 aliphatic carbocycles. The van der Waals surface area contributed by atoms with E-state index in [1.807, 2.05) is 0 Å². The van der Waals surface area contributed by atoms with Gasteiger partial charge in [-0.1, -0.05) is 0 Å². The molecular weight excluding hydrogens is 210 g/mol. The van der Waals surface area contributed by atoms with E-state index in [9.17, 15) is 22.0 Å². The molecule has 0 amide bonds. The summed E-state index contributed by atoms with van der Waals surface area (Å²) in [5.74, 6) is -10.0. The monoisotopic (exact) mass is 210 g/mol. The summed E-state index contributed by atoms with van der Waals surface area (Å²) in [4.78, 5) is -1.09. The topological polar surface area (TPSA) is 0 Å². The second kappa shape index (κ2) is 3.57. The third-order valence-corrected chi connectivity index (χ3v) is 1.88. The van der Waals surface area contributed by atoms with Crippen LogP contribution in [0.2, 0.25) is 0 Å². The van der Waals surface area contributed by atoms with Crippen molar-refractivity contribution >= 4 is 18.7 Å². The van der Waals surface area contributed by atoms with E-state index >= 15 is 0 Å². The number of rotatable bonds is 1. The lowest BCUT2D eigenvalue weighted by atomic mass is 10.3. The Balaban J connectivity index is 3.56. The summed E-state index contributed by atoms with van der Waals surface area (Å²) < 4.78 is 62.2. The van der Waals surface area contributed by atoms with Gasteiger partial charge in [0.1, 0.15) is 0 Å². The lowest BCUT2D eigenvalue weighted by molar-refractivity contribution is 0.361. The summed E-state index contributed by atoms with van der Waals surface area (Å²) >= 11 is -0.0376. The maximum atomic E-state index is 12.6. The van der Waals surface area contributed by atoms with Gasteiger partial charge in [0.25, 0.3) is 0 Å². The third-order valence-electron chi connectivity index (χ3n) is 1.29. The van der Waals surface area contributed by atoms with E-state index in [0.29, 0.717) is 0 Å². The highest BCUT2D eigenvalue weighted by Gasteiger charge is 2.24. The van der Waals surface area contributed by atoms with Crippen molar-refractivity contribution in [2.45, 2.75) is 4.90 Å². The molecule has 0 spiro atoms. The van der Waals surface area contributed by atoms with Gasteiger partial charge < -0.3 is 0 Å². The molecule has 1 aromatic rings. The maximum Gasteiger partial charge on any atom is 0.200 e. The molecule has 0 heterocycles. The number of halogens is 5. The fourth-order valence-corrected chi connectivity index (χ4v) is 1.07. The van der Waals surface area contributed by atoms with Crippen LogP contribution in [0, 0.1) is 29.1 Å². The van der Waals surface area contributed by atoms with Crippen LogP contribution in [0.3, 0.4) is 0 Å². The molecule has 0 aliphatic rings. The van der Waals surface area contributed by atoms with Crippen molar-refractivity contribution < 1.29 is 22.0 Å². The second-order valence-corrected chi connectivity index (χ2v) is 2.66. The Hall–Kier alpha value is -0.715. The van der Waals surface area contributed by atoms with E-state index in [-0.39, 0.29) is 11.6 Å². The van der Waals surface area contributed by atoms with Gasteiger partial charge >= 0.3 is 0 Å². The Kier molecular flexibility index (Phi) is 2.85. The fraction of sp³-hybridized carbons (Fsp3) is 0. The first-order chi connectivity index (χ1) is 6.00. The lowest BCUT2D eigenvalue weighted by Gasteiger charge is -2.04. The second-order valence-electron chi connectivity index (χ2n) is 2.02. The summed E-state index contributed by atoms with van der Waals surface area (Å²) in [6.45, 7) is 0. The molecule has 0 aliphatic heterocycles. The van der Waals surface area contributed by atoms with Crippen LogP contribution in [0.5, 0.6) is 0 Å². The summed E-state index contributed by atoms with van der Waals surface area (Å²) in [5, 5.41) is 0. The van der Waals surface area contributed by atoms with Crippen LogP contribution in [-0.4, -0.2) is 7.12 Å². The van der Waals surface area contributed by atoms with Gasteiger partial charge in [-0.15, -0.1) is 0 Å². The molecule has 0 nitrogen and oxygen atoms in total. The number of benzene rings is 1. The molecule has 0 N–H and O–H groups in total.